The Hall–Kier alpha value is -1.32. The average molecular weight is 369 g/mol. The van der Waals surface area contributed by atoms with E-state index in [4.69, 9.17) is 0 Å². The fourth-order valence-electron chi connectivity index (χ4n) is 2.23. The van der Waals surface area contributed by atoms with E-state index in [0.717, 1.165) is 25.3 Å². The van der Waals surface area contributed by atoms with Crippen LogP contribution >= 0.6 is 0 Å². The Kier molecular flexibility index (Phi) is 7.06. The Bertz CT molecular complexity index is 573. The van der Waals surface area contributed by atoms with E-state index in [1.807, 2.05) is 0 Å². The van der Waals surface area contributed by atoms with Gasteiger partial charge in [-0.15, -0.1) is 4.72 Å². The van der Waals surface area contributed by atoms with Crippen molar-refractivity contribution in [2.24, 2.45) is 0 Å². The topological polar surface area (TPSA) is 61.4 Å². The summed E-state index contributed by atoms with van der Waals surface area (Å²) in [5.74, 6) is -6.33. The number of nitrogens with one attached hydrogen (secondary N) is 1. The third kappa shape index (κ3) is 4.61. The molecule has 136 valence electrons. The number of benzene rings is 1. The second-order valence-corrected chi connectivity index (χ2v) is 6.40. The van der Waals surface area contributed by atoms with Gasteiger partial charge in [-0.1, -0.05) is 18.2 Å². The smallest absolute Gasteiger partial charge is 0.340 e. The maximum Gasteiger partial charge on any atom is 0.340 e. The zero-order chi connectivity index (χ0) is 18.5. The molecule has 0 spiro atoms. The molecule has 0 heterocycles. The largest absolute Gasteiger partial charge is 0.598 e. The van der Waals surface area contributed by atoms with Crippen LogP contribution in [0, 0.1) is 5.82 Å². The highest BCUT2D eigenvalue weighted by Gasteiger charge is 2.56. The quantitative estimate of drug-likeness (QED) is 0.435. The van der Waals surface area contributed by atoms with Crippen molar-refractivity contribution < 1.29 is 31.6 Å². The zero-order valence-electron chi connectivity index (χ0n) is 13.4. The molecule has 1 N–H and O–H groups in total. The molecule has 3 atom stereocenters. The number of carbonyl (C=O) groups excluding carboxylic acids is 1. The van der Waals surface area contributed by atoms with E-state index in [1.165, 1.54) is 19.1 Å². The van der Waals surface area contributed by atoms with Gasteiger partial charge in [0, 0.05) is 16.9 Å². The van der Waals surface area contributed by atoms with Crippen molar-refractivity contribution in [2.75, 3.05) is 12.9 Å². The first-order valence-electron chi connectivity index (χ1n) is 7.10. The molecule has 0 saturated carbocycles. The minimum atomic E-state index is -3.94. The standard InChI is InChI=1S/C15H19F4NO3S/c1-4-23-13(21)12(17)9-15(18,19)14(2,20-24(3)22)10-7-5-6-8-11(10)16/h5-8,12,20H,4,9H2,1-3H3/t12?,14-,24-/m1/s1. The number of rotatable bonds is 8. The maximum atomic E-state index is 14.7. The van der Waals surface area contributed by atoms with E-state index in [2.05, 4.69) is 9.46 Å². The molecule has 1 rings (SSSR count). The highest BCUT2D eigenvalue weighted by Crippen LogP contribution is 2.42. The lowest BCUT2D eigenvalue weighted by molar-refractivity contribution is -0.157. The van der Waals surface area contributed by atoms with Crippen molar-refractivity contribution in [3.63, 3.8) is 0 Å². The summed E-state index contributed by atoms with van der Waals surface area (Å²) in [6.45, 7) is 2.16. The van der Waals surface area contributed by atoms with Gasteiger partial charge in [0.2, 0.25) is 6.17 Å². The van der Waals surface area contributed by atoms with Gasteiger partial charge in [0.05, 0.1) is 13.0 Å². The lowest BCUT2D eigenvalue weighted by Crippen LogP contribution is -2.57. The van der Waals surface area contributed by atoms with E-state index < -0.39 is 52.8 Å². The third-order valence-electron chi connectivity index (χ3n) is 3.47. The van der Waals surface area contributed by atoms with Crippen LogP contribution in [0.3, 0.4) is 0 Å². The van der Waals surface area contributed by atoms with Gasteiger partial charge in [-0.2, -0.15) is 0 Å². The molecular formula is C15H19F4NO3S. The summed E-state index contributed by atoms with van der Waals surface area (Å²) < 4.78 is 75.2. The molecular weight excluding hydrogens is 350 g/mol. The summed E-state index contributed by atoms with van der Waals surface area (Å²) in [4.78, 5) is 11.3. The number of ether oxygens (including phenoxy) is 1. The van der Waals surface area contributed by atoms with Gasteiger partial charge in [0.15, 0.2) is 5.54 Å². The number of alkyl halides is 3. The highest BCUT2D eigenvalue weighted by molar-refractivity contribution is 7.88. The van der Waals surface area contributed by atoms with Gasteiger partial charge in [-0.3, -0.25) is 0 Å². The zero-order valence-corrected chi connectivity index (χ0v) is 14.3. The minimum absolute atomic E-state index is 0.160. The molecule has 1 aromatic carbocycles. The Labute approximate surface area is 140 Å². The highest BCUT2D eigenvalue weighted by atomic mass is 32.2. The van der Waals surface area contributed by atoms with Crippen LogP contribution in [0.4, 0.5) is 17.6 Å². The van der Waals surface area contributed by atoms with Gasteiger partial charge >= 0.3 is 5.97 Å². The summed E-state index contributed by atoms with van der Waals surface area (Å²) in [5.41, 5.74) is -2.98. The Balaban J connectivity index is 3.23. The molecule has 9 heteroatoms. The predicted molar refractivity (Wildman–Crippen MR) is 82.0 cm³/mol. The molecule has 24 heavy (non-hydrogen) atoms. The number of halogens is 4. The summed E-state index contributed by atoms with van der Waals surface area (Å²) >= 11 is -1.95. The summed E-state index contributed by atoms with van der Waals surface area (Å²) in [6, 6.07) is 4.67. The molecule has 0 aliphatic heterocycles. The van der Waals surface area contributed by atoms with Gasteiger partial charge < -0.3 is 9.29 Å². The monoisotopic (exact) mass is 369 g/mol. The molecule has 0 fully saturated rings. The summed E-state index contributed by atoms with van der Waals surface area (Å²) in [6.07, 6.45) is -3.05. The Morgan fingerprint density at radius 1 is 1.42 bits per heavy atom. The van der Waals surface area contributed by atoms with Crippen molar-refractivity contribution in [1.82, 2.24) is 4.72 Å². The molecule has 0 bridgehead atoms. The molecule has 1 unspecified atom stereocenters. The molecule has 0 aliphatic carbocycles. The second-order valence-electron chi connectivity index (χ2n) is 5.29. The molecule has 0 amide bonds. The first-order chi connectivity index (χ1) is 11.0. The minimum Gasteiger partial charge on any atom is -0.598 e. The van der Waals surface area contributed by atoms with Crippen LogP contribution in [0.15, 0.2) is 24.3 Å². The first-order valence-corrected chi connectivity index (χ1v) is 8.65. The Morgan fingerprint density at radius 3 is 2.50 bits per heavy atom. The Morgan fingerprint density at radius 2 is 2.00 bits per heavy atom. The molecule has 0 radical (unpaired) electrons. The fourth-order valence-corrected chi connectivity index (χ4v) is 3.06. The van der Waals surface area contributed by atoms with Crippen molar-refractivity contribution in [1.29, 1.82) is 0 Å². The number of hydrogen-bond acceptors (Lipinski definition) is 4. The lowest BCUT2D eigenvalue weighted by atomic mass is 9.83. The molecule has 0 aromatic heterocycles. The van der Waals surface area contributed by atoms with E-state index in [9.17, 15) is 26.9 Å². The fraction of sp³-hybridized carbons (Fsp3) is 0.533. The van der Waals surface area contributed by atoms with E-state index in [-0.39, 0.29) is 6.61 Å². The molecule has 1 aromatic rings. The third-order valence-corrected chi connectivity index (χ3v) is 4.17. The van der Waals surface area contributed by atoms with Crippen molar-refractivity contribution >= 4 is 17.3 Å². The summed E-state index contributed by atoms with van der Waals surface area (Å²) in [7, 11) is 0. The van der Waals surface area contributed by atoms with Crippen molar-refractivity contribution in [3.05, 3.63) is 35.6 Å². The molecule has 0 aliphatic rings. The van der Waals surface area contributed by atoms with E-state index >= 15 is 0 Å². The normalized spacial score (nSPS) is 17.0. The number of hydrogen-bond donors (Lipinski definition) is 1. The van der Waals surface area contributed by atoms with Crippen LogP contribution in [0.2, 0.25) is 0 Å². The summed E-state index contributed by atoms with van der Waals surface area (Å²) in [5, 5.41) is 0. The van der Waals surface area contributed by atoms with Gasteiger partial charge in [0.1, 0.15) is 12.1 Å². The van der Waals surface area contributed by atoms with Crippen LogP contribution < -0.4 is 4.72 Å². The SMILES string of the molecule is CCOC(=O)C(F)CC(F)(F)[C@](C)(N[S@@+](C)[O-])c1ccccc1F. The molecule has 4 nitrogen and oxygen atoms in total. The number of esters is 1. The van der Waals surface area contributed by atoms with Crippen molar-refractivity contribution in [2.45, 2.75) is 37.9 Å². The van der Waals surface area contributed by atoms with Crippen LogP contribution in [0.1, 0.15) is 25.8 Å². The first kappa shape index (κ1) is 20.7. The average Bonchev–Trinajstić information content (AvgIpc) is 2.46. The van der Waals surface area contributed by atoms with Crippen molar-refractivity contribution in [3.8, 4) is 0 Å². The maximum absolute atomic E-state index is 14.7. The van der Waals surface area contributed by atoms with Gasteiger partial charge in [0.25, 0.3) is 5.92 Å². The van der Waals surface area contributed by atoms with Crippen LogP contribution in [-0.4, -0.2) is 35.5 Å². The van der Waals surface area contributed by atoms with Crippen LogP contribution in [0.25, 0.3) is 0 Å². The number of carbonyl (C=O) groups is 1. The lowest BCUT2D eigenvalue weighted by Gasteiger charge is -2.37. The molecule has 0 saturated heterocycles. The van der Waals surface area contributed by atoms with E-state index in [1.54, 1.807) is 0 Å². The second kappa shape index (κ2) is 8.17. The van der Waals surface area contributed by atoms with E-state index in [0.29, 0.717) is 0 Å². The van der Waals surface area contributed by atoms with Gasteiger partial charge in [-0.25, -0.2) is 22.4 Å². The van der Waals surface area contributed by atoms with Gasteiger partial charge in [-0.05, 0) is 19.9 Å². The van der Waals surface area contributed by atoms with Crippen LogP contribution in [0.5, 0.6) is 0 Å². The van der Waals surface area contributed by atoms with Crippen LogP contribution in [-0.2, 0) is 26.4 Å². The predicted octanol–water partition coefficient (Wildman–Crippen LogP) is 2.85.